The van der Waals surface area contributed by atoms with Crippen LogP contribution < -0.4 is 5.73 Å². The van der Waals surface area contributed by atoms with E-state index >= 15 is 0 Å². The van der Waals surface area contributed by atoms with Gasteiger partial charge in [0.25, 0.3) is 0 Å². The van der Waals surface area contributed by atoms with Crippen molar-refractivity contribution in [3.8, 4) is 5.69 Å². The largest absolute Gasteiger partial charge is 0.396 e. The molecule has 0 fully saturated rings. The second kappa shape index (κ2) is 3.84. The van der Waals surface area contributed by atoms with Crippen LogP contribution in [0, 0.1) is 13.8 Å². The van der Waals surface area contributed by atoms with Crippen molar-refractivity contribution >= 4 is 16.6 Å². The highest BCUT2D eigenvalue weighted by atomic mass is 15.1. The third kappa shape index (κ3) is 1.46. The molecule has 0 saturated carbocycles. The first-order valence-corrected chi connectivity index (χ1v) is 5.82. The molecule has 18 heavy (non-hydrogen) atoms. The zero-order valence-corrected chi connectivity index (χ0v) is 10.4. The van der Waals surface area contributed by atoms with Crippen LogP contribution in [0.15, 0.2) is 36.8 Å². The average molecular weight is 238 g/mol. The summed E-state index contributed by atoms with van der Waals surface area (Å²) in [5.41, 5.74) is 10.7. The van der Waals surface area contributed by atoms with Crippen molar-refractivity contribution in [3.63, 3.8) is 0 Å². The van der Waals surface area contributed by atoms with Gasteiger partial charge in [-0.15, -0.1) is 0 Å². The monoisotopic (exact) mass is 238 g/mol. The van der Waals surface area contributed by atoms with Crippen LogP contribution in [0.4, 0.5) is 5.69 Å². The van der Waals surface area contributed by atoms with E-state index in [1.807, 2.05) is 49.0 Å². The fraction of sp³-hybridized carbons (Fsp3) is 0.143. The number of nitrogens with two attached hydrogens (primary N) is 1. The third-order valence-corrected chi connectivity index (χ3v) is 3.27. The maximum Gasteiger partial charge on any atom is 0.0998 e. The van der Waals surface area contributed by atoms with Gasteiger partial charge in [0, 0.05) is 11.1 Å². The Morgan fingerprint density at radius 1 is 1.11 bits per heavy atom. The molecule has 0 spiro atoms. The van der Waals surface area contributed by atoms with Crippen LogP contribution in [-0.2, 0) is 0 Å². The normalized spacial score (nSPS) is 11.0. The van der Waals surface area contributed by atoms with E-state index in [-0.39, 0.29) is 0 Å². The summed E-state index contributed by atoms with van der Waals surface area (Å²) in [5, 5.41) is 1.04. The summed E-state index contributed by atoms with van der Waals surface area (Å²) in [6.45, 7) is 4.03. The number of rotatable bonds is 1. The lowest BCUT2D eigenvalue weighted by Gasteiger charge is -2.12. The highest BCUT2D eigenvalue weighted by Crippen LogP contribution is 2.27. The zero-order chi connectivity index (χ0) is 12.7. The van der Waals surface area contributed by atoms with Crippen LogP contribution in [0.3, 0.4) is 0 Å². The summed E-state index contributed by atoms with van der Waals surface area (Å²) in [6, 6.07) is 7.98. The van der Waals surface area contributed by atoms with Gasteiger partial charge in [-0.1, -0.05) is 18.2 Å². The van der Waals surface area contributed by atoms with Crippen molar-refractivity contribution in [2.45, 2.75) is 13.8 Å². The fourth-order valence-corrected chi connectivity index (χ4v) is 2.14. The molecule has 0 bridgehead atoms. The van der Waals surface area contributed by atoms with Crippen molar-refractivity contribution in [2.24, 2.45) is 0 Å². The molecule has 2 heterocycles. The van der Waals surface area contributed by atoms with Gasteiger partial charge in [0.1, 0.15) is 0 Å². The first-order valence-electron chi connectivity index (χ1n) is 5.82. The maximum absolute atomic E-state index is 6.09. The summed E-state index contributed by atoms with van der Waals surface area (Å²) < 4.78 is 2.02. The van der Waals surface area contributed by atoms with E-state index < -0.39 is 0 Å². The molecule has 0 unspecified atom stereocenters. The molecule has 4 heteroatoms. The highest BCUT2D eigenvalue weighted by Gasteiger charge is 2.11. The van der Waals surface area contributed by atoms with Gasteiger partial charge < -0.3 is 10.3 Å². The Morgan fingerprint density at radius 3 is 2.61 bits per heavy atom. The minimum atomic E-state index is 0.661. The van der Waals surface area contributed by atoms with E-state index in [1.165, 1.54) is 0 Å². The lowest BCUT2D eigenvalue weighted by molar-refractivity contribution is 1.01. The van der Waals surface area contributed by atoms with Crippen molar-refractivity contribution in [2.75, 3.05) is 5.73 Å². The van der Waals surface area contributed by atoms with Gasteiger partial charge in [-0.05, 0) is 19.9 Å². The number of hydrogen-bond donors (Lipinski definition) is 1. The number of pyridine rings is 1. The number of aromatic nitrogens is 3. The van der Waals surface area contributed by atoms with Gasteiger partial charge in [0.2, 0.25) is 0 Å². The Kier molecular flexibility index (Phi) is 2.30. The number of hydrogen-bond acceptors (Lipinski definition) is 3. The molecule has 0 atom stereocenters. The maximum atomic E-state index is 6.09. The quantitative estimate of drug-likeness (QED) is 0.709. The fourth-order valence-electron chi connectivity index (χ4n) is 2.14. The molecule has 0 radical (unpaired) electrons. The first kappa shape index (κ1) is 10.8. The molecular formula is C14H14N4. The number of benzene rings is 1. The molecule has 3 rings (SSSR count). The Bertz CT molecular complexity index is 728. The van der Waals surface area contributed by atoms with E-state index in [0.717, 1.165) is 28.0 Å². The molecular weight excluding hydrogens is 224 g/mol. The highest BCUT2D eigenvalue weighted by molar-refractivity contribution is 5.92. The van der Waals surface area contributed by atoms with Gasteiger partial charge in [-0.25, -0.2) is 4.98 Å². The van der Waals surface area contributed by atoms with E-state index in [4.69, 9.17) is 5.73 Å². The minimum Gasteiger partial charge on any atom is -0.396 e. The van der Waals surface area contributed by atoms with Gasteiger partial charge in [-0.3, -0.25) is 4.98 Å². The number of anilines is 1. The smallest absolute Gasteiger partial charge is 0.0998 e. The predicted octanol–water partition coefficient (Wildman–Crippen LogP) is 2.62. The topological polar surface area (TPSA) is 56.7 Å². The van der Waals surface area contributed by atoms with Gasteiger partial charge in [-0.2, -0.15) is 0 Å². The van der Waals surface area contributed by atoms with Crippen LogP contribution in [-0.4, -0.2) is 14.5 Å². The lowest BCUT2D eigenvalue weighted by Crippen LogP contribution is -2.02. The van der Waals surface area contributed by atoms with Crippen LogP contribution in [0.1, 0.15) is 11.4 Å². The minimum absolute atomic E-state index is 0.661. The van der Waals surface area contributed by atoms with Gasteiger partial charge in [0.05, 0.1) is 35.1 Å². The molecule has 2 N–H and O–H groups in total. The SMILES string of the molecule is Cc1ncn(-c2c(N)cnc3ccccc23)c1C. The molecule has 0 aliphatic rings. The Labute approximate surface area is 105 Å². The number of nitrogens with zero attached hydrogens (tertiary/aromatic N) is 3. The van der Waals surface area contributed by atoms with Crippen molar-refractivity contribution in [3.05, 3.63) is 48.2 Å². The number of para-hydroxylation sites is 1. The van der Waals surface area contributed by atoms with Crippen molar-refractivity contribution in [1.29, 1.82) is 0 Å². The van der Waals surface area contributed by atoms with Crippen LogP contribution in [0.25, 0.3) is 16.6 Å². The molecule has 0 aliphatic heterocycles. The summed E-state index contributed by atoms with van der Waals surface area (Å²) in [7, 11) is 0. The lowest BCUT2D eigenvalue weighted by atomic mass is 10.1. The molecule has 0 aliphatic carbocycles. The number of aryl methyl sites for hydroxylation is 1. The molecule has 1 aromatic carbocycles. The molecule has 0 saturated heterocycles. The van der Waals surface area contributed by atoms with Gasteiger partial charge in [0.15, 0.2) is 0 Å². The summed E-state index contributed by atoms with van der Waals surface area (Å²) >= 11 is 0. The number of nitrogen functional groups attached to an aromatic ring is 1. The molecule has 0 amide bonds. The van der Waals surface area contributed by atoms with E-state index in [1.54, 1.807) is 6.20 Å². The van der Waals surface area contributed by atoms with Crippen LogP contribution in [0.5, 0.6) is 0 Å². The first-order chi connectivity index (χ1) is 8.68. The van der Waals surface area contributed by atoms with Crippen molar-refractivity contribution < 1.29 is 0 Å². The van der Waals surface area contributed by atoms with Crippen LogP contribution in [0.2, 0.25) is 0 Å². The second-order valence-corrected chi connectivity index (χ2v) is 4.36. The van der Waals surface area contributed by atoms with E-state index in [2.05, 4.69) is 9.97 Å². The van der Waals surface area contributed by atoms with E-state index in [0.29, 0.717) is 5.69 Å². The molecule has 4 nitrogen and oxygen atoms in total. The van der Waals surface area contributed by atoms with Crippen LogP contribution >= 0.6 is 0 Å². The Hall–Kier alpha value is -2.36. The Balaban J connectivity index is 2.41. The number of fused-ring (bicyclic) bond motifs is 1. The molecule has 90 valence electrons. The standard InChI is InChI=1S/C14H14N4/c1-9-10(2)18(8-17-9)14-11-5-3-4-6-13(11)16-7-12(14)15/h3-8H,15H2,1-2H3. The summed E-state index contributed by atoms with van der Waals surface area (Å²) in [4.78, 5) is 8.67. The molecule has 3 aromatic rings. The average Bonchev–Trinajstić information content (AvgIpc) is 2.70. The number of imidazole rings is 1. The second-order valence-electron chi connectivity index (χ2n) is 4.36. The zero-order valence-electron chi connectivity index (χ0n) is 10.4. The molecule has 2 aromatic heterocycles. The van der Waals surface area contributed by atoms with Gasteiger partial charge >= 0.3 is 0 Å². The Morgan fingerprint density at radius 2 is 1.89 bits per heavy atom. The third-order valence-electron chi connectivity index (χ3n) is 3.27. The summed E-state index contributed by atoms with van der Waals surface area (Å²) in [5.74, 6) is 0. The summed E-state index contributed by atoms with van der Waals surface area (Å²) in [6.07, 6.45) is 3.51. The van der Waals surface area contributed by atoms with E-state index in [9.17, 15) is 0 Å². The predicted molar refractivity (Wildman–Crippen MR) is 72.8 cm³/mol. The van der Waals surface area contributed by atoms with Crippen molar-refractivity contribution in [1.82, 2.24) is 14.5 Å².